The molecule has 53 valence electrons. The molecule has 0 bridgehead atoms. The average molecular weight is 138 g/mol. The fraction of sp³-hybridized carbons (Fsp3) is 0.333. The smallest absolute Gasteiger partial charge is 0.157 e. The molecule has 1 rings (SSSR count). The summed E-state index contributed by atoms with van der Waals surface area (Å²) in [7, 11) is 1.71. The number of nitrogens with zero attached hydrogens (tertiary/aromatic N) is 2. The number of nitrogens with one attached hydrogen (secondary N) is 1. The van der Waals surface area contributed by atoms with Crippen LogP contribution in [-0.4, -0.2) is 22.9 Å². The maximum Gasteiger partial charge on any atom is 0.157 e. The van der Waals surface area contributed by atoms with Crippen LogP contribution in [0.1, 0.15) is 6.17 Å². The van der Waals surface area contributed by atoms with Gasteiger partial charge in [-0.15, -0.1) is 0 Å². The second-order valence-electron chi connectivity index (χ2n) is 1.82. The molecule has 0 saturated heterocycles. The standard InChI is InChI=1S/C6H8N3O/c1-7-6(4-10)9-3-2-8-5-9/h3-7H,1H3. The van der Waals surface area contributed by atoms with Crippen LogP contribution in [0.4, 0.5) is 0 Å². The second-order valence-corrected chi connectivity index (χ2v) is 1.82. The minimum Gasteiger partial charge on any atom is -0.314 e. The fourth-order valence-corrected chi connectivity index (χ4v) is 0.673. The lowest BCUT2D eigenvalue weighted by Crippen LogP contribution is -2.22. The molecule has 1 unspecified atom stereocenters. The van der Waals surface area contributed by atoms with E-state index in [2.05, 4.69) is 16.5 Å². The number of carbonyl (C=O) groups is 1. The highest BCUT2D eigenvalue weighted by atomic mass is 16.1. The number of hydrogen-bond donors (Lipinski definition) is 1. The maximum atomic E-state index is 10.3. The molecule has 0 amide bonds. The first kappa shape index (κ1) is 6.95. The number of imidazole rings is 1. The van der Waals surface area contributed by atoms with Gasteiger partial charge in [-0.1, -0.05) is 0 Å². The van der Waals surface area contributed by atoms with E-state index >= 15 is 0 Å². The Morgan fingerprint density at radius 1 is 1.90 bits per heavy atom. The molecular weight excluding hydrogens is 130 g/mol. The Kier molecular flexibility index (Phi) is 2.17. The third-order valence-corrected chi connectivity index (χ3v) is 1.22. The van der Waals surface area contributed by atoms with Crippen molar-refractivity contribution in [2.24, 2.45) is 0 Å². The molecule has 1 heterocycles. The maximum absolute atomic E-state index is 10.3. The first-order valence-electron chi connectivity index (χ1n) is 2.90. The monoisotopic (exact) mass is 138 g/mol. The fourth-order valence-electron chi connectivity index (χ4n) is 0.673. The van der Waals surface area contributed by atoms with Crippen LogP contribution in [0.3, 0.4) is 0 Å². The van der Waals surface area contributed by atoms with Crippen LogP contribution < -0.4 is 5.32 Å². The van der Waals surface area contributed by atoms with Gasteiger partial charge in [0.25, 0.3) is 0 Å². The van der Waals surface area contributed by atoms with Gasteiger partial charge in [0, 0.05) is 6.20 Å². The third-order valence-electron chi connectivity index (χ3n) is 1.22. The molecule has 1 atom stereocenters. The van der Waals surface area contributed by atoms with Gasteiger partial charge in [-0.05, 0) is 7.05 Å². The predicted octanol–water partition coefficient (Wildman–Crippen LogP) is -0.400. The van der Waals surface area contributed by atoms with E-state index in [1.54, 1.807) is 17.8 Å². The molecule has 1 N–H and O–H groups in total. The summed E-state index contributed by atoms with van der Waals surface area (Å²) in [5, 5.41) is 2.79. The summed E-state index contributed by atoms with van der Waals surface area (Å²) >= 11 is 0. The number of aromatic nitrogens is 2. The number of rotatable bonds is 3. The van der Waals surface area contributed by atoms with E-state index < -0.39 is 0 Å². The predicted molar refractivity (Wildman–Crippen MR) is 35.2 cm³/mol. The molecule has 0 fully saturated rings. The van der Waals surface area contributed by atoms with Gasteiger partial charge in [0.2, 0.25) is 0 Å². The van der Waals surface area contributed by atoms with Crippen molar-refractivity contribution in [2.75, 3.05) is 7.05 Å². The molecule has 1 aromatic heterocycles. The van der Waals surface area contributed by atoms with Crippen LogP contribution in [0.2, 0.25) is 0 Å². The van der Waals surface area contributed by atoms with Gasteiger partial charge in [-0.2, -0.15) is 0 Å². The van der Waals surface area contributed by atoms with Crippen LogP contribution in [0, 0.1) is 6.20 Å². The van der Waals surface area contributed by atoms with Crippen molar-refractivity contribution in [3.8, 4) is 0 Å². The van der Waals surface area contributed by atoms with Crippen molar-refractivity contribution in [3.63, 3.8) is 0 Å². The van der Waals surface area contributed by atoms with E-state index in [9.17, 15) is 4.79 Å². The van der Waals surface area contributed by atoms with Gasteiger partial charge in [0.15, 0.2) is 6.29 Å². The van der Waals surface area contributed by atoms with Crippen molar-refractivity contribution >= 4 is 6.29 Å². The van der Waals surface area contributed by atoms with E-state index in [1.165, 1.54) is 6.33 Å². The van der Waals surface area contributed by atoms with Crippen LogP contribution in [0.15, 0.2) is 12.5 Å². The van der Waals surface area contributed by atoms with E-state index in [1.807, 2.05) is 0 Å². The van der Waals surface area contributed by atoms with E-state index in [-0.39, 0.29) is 6.17 Å². The van der Waals surface area contributed by atoms with E-state index in [0.29, 0.717) is 0 Å². The van der Waals surface area contributed by atoms with Crippen molar-refractivity contribution < 1.29 is 4.79 Å². The topological polar surface area (TPSA) is 46.9 Å². The molecule has 0 aliphatic rings. The van der Waals surface area contributed by atoms with Crippen LogP contribution in [-0.2, 0) is 4.79 Å². The zero-order valence-electron chi connectivity index (χ0n) is 5.61. The largest absolute Gasteiger partial charge is 0.314 e. The Bertz CT molecular complexity index is 195. The van der Waals surface area contributed by atoms with Crippen LogP contribution in [0.5, 0.6) is 0 Å². The Labute approximate surface area is 58.9 Å². The molecule has 0 spiro atoms. The van der Waals surface area contributed by atoms with Gasteiger partial charge >= 0.3 is 0 Å². The van der Waals surface area contributed by atoms with Crippen molar-refractivity contribution in [1.29, 1.82) is 0 Å². The zero-order valence-corrected chi connectivity index (χ0v) is 5.61. The highest BCUT2D eigenvalue weighted by Gasteiger charge is 2.02. The quantitative estimate of drug-likeness (QED) is 0.578. The Hall–Kier alpha value is -1.16. The number of likely N-dealkylation sites (N-methyl/N-ethyl adjacent to an activating group) is 1. The summed E-state index contributed by atoms with van der Waals surface area (Å²) in [6.07, 6.45) is 6.22. The molecule has 10 heavy (non-hydrogen) atoms. The first-order valence-corrected chi connectivity index (χ1v) is 2.90. The number of carbonyl (C=O) groups excluding carboxylic acids is 1. The normalized spacial score (nSPS) is 12.9. The van der Waals surface area contributed by atoms with Gasteiger partial charge in [0.1, 0.15) is 12.4 Å². The molecule has 4 nitrogen and oxygen atoms in total. The minimum atomic E-state index is -0.321. The molecule has 1 radical (unpaired) electrons. The molecule has 0 aliphatic carbocycles. The Balaban J connectivity index is 2.73. The SMILES string of the molecule is CNC(C=O)n1c[c]nc1. The summed E-state index contributed by atoms with van der Waals surface area (Å²) in [6.45, 7) is 0. The first-order chi connectivity index (χ1) is 4.88. The molecule has 1 aromatic rings. The van der Waals surface area contributed by atoms with E-state index in [4.69, 9.17) is 0 Å². The van der Waals surface area contributed by atoms with Gasteiger partial charge < -0.3 is 4.57 Å². The number of hydrogen-bond acceptors (Lipinski definition) is 3. The van der Waals surface area contributed by atoms with Crippen LogP contribution in [0.25, 0.3) is 0 Å². The van der Waals surface area contributed by atoms with Gasteiger partial charge in [-0.3, -0.25) is 10.1 Å². The lowest BCUT2D eigenvalue weighted by Gasteiger charge is -2.08. The van der Waals surface area contributed by atoms with Crippen molar-refractivity contribution in [1.82, 2.24) is 14.9 Å². The summed E-state index contributed by atoms with van der Waals surface area (Å²) in [4.78, 5) is 14.0. The van der Waals surface area contributed by atoms with Gasteiger partial charge in [-0.25, -0.2) is 4.98 Å². The lowest BCUT2D eigenvalue weighted by molar-refractivity contribution is -0.111. The highest BCUT2D eigenvalue weighted by Crippen LogP contribution is 1.94. The van der Waals surface area contributed by atoms with Gasteiger partial charge in [0.05, 0.1) is 6.33 Å². The zero-order chi connectivity index (χ0) is 7.40. The van der Waals surface area contributed by atoms with Crippen LogP contribution >= 0.6 is 0 Å². The summed E-state index contributed by atoms with van der Waals surface area (Å²) in [5.41, 5.74) is 0. The third kappa shape index (κ3) is 1.22. The summed E-state index contributed by atoms with van der Waals surface area (Å²) in [6, 6.07) is 0. The van der Waals surface area contributed by atoms with Crippen molar-refractivity contribution in [3.05, 3.63) is 18.7 Å². The number of aldehydes is 1. The Morgan fingerprint density at radius 2 is 2.70 bits per heavy atom. The minimum absolute atomic E-state index is 0.321. The van der Waals surface area contributed by atoms with Crippen molar-refractivity contribution in [2.45, 2.75) is 6.17 Å². The molecule has 4 heteroatoms. The van der Waals surface area contributed by atoms with E-state index in [0.717, 1.165) is 6.29 Å². The molecule has 0 aromatic carbocycles. The lowest BCUT2D eigenvalue weighted by atomic mass is 10.5. The molecular formula is C6H8N3O. The molecule has 0 saturated carbocycles. The average Bonchev–Trinajstić information content (AvgIpc) is 2.43. The highest BCUT2D eigenvalue weighted by molar-refractivity contribution is 5.54. The summed E-state index contributed by atoms with van der Waals surface area (Å²) in [5.74, 6) is 0. The Morgan fingerprint density at radius 3 is 3.10 bits per heavy atom. The second kappa shape index (κ2) is 3.12. The summed E-state index contributed by atoms with van der Waals surface area (Å²) < 4.78 is 1.63. The molecule has 0 aliphatic heterocycles.